The lowest BCUT2D eigenvalue weighted by Gasteiger charge is -2.46. The van der Waals surface area contributed by atoms with Crippen LogP contribution < -0.4 is 4.90 Å². The van der Waals surface area contributed by atoms with Gasteiger partial charge in [0.05, 0.1) is 0 Å². The SMILES string of the molecule is Fc1cccc(N2CCC[C@H]3CCCC[C@H]32)c1CBr. The molecule has 1 saturated carbocycles. The lowest BCUT2D eigenvalue weighted by Crippen LogP contribution is -2.47. The molecule has 1 nitrogen and oxygen atoms in total. The van der Waals surface area contributed by atoms with Crippen molar-refractivity contribution in [1.29, 1.82) is 0 Å². The van der Waals surface area contributed by atoms with Gasteiger partial charge in [-0.15, -0.1) is 0 Å². The minimum atomic E-state index is -0.0766. The van der Waals surface area contributed by atoms with Crippen LogP contribution in [0.15, 0.2) is 18.2 Å². The van der Waals surface area contributed by atoms with E-state index in [2.05, 4.69) is 26.9 Å². The molecule has 0 radical (unpaired) electrons. The maximum Gasteiger partial charge on any atom is 0.129 e. The predicted octanol–water partition coefficient (Wildman–Crippen LogP) is 4.88. The highest BCUT2D eigenvalue weighted by Gasteiger charge is 2.34. The number of halogens is 2. The van der Waals surface area contributed by atoms with Crippen molar-refractivity contribution >= 4 is 21.6 Å². The summed E-state index contributed by atoms with van der Waals surface area (Å²) in [6.45, 7) is 1.09. The van der Waals surface area contributed by atoms with Crippen LogP contribution in [0.3, 0.4) is 0 Å². The molecule has 0 amide bonds. The zero-order chi connectivity index (χ0) is 13.2. The maximum absolute atomic E-state index is 14.0. The minimum absolute atomic E-state index is 0.0766. The first kappa shape index (κ1) is 13.4. The van der Waals surface area contributed by atoms with Gasteiger partial charge in [-0.1, -0.05) is 34.8 Å². The average molecular weight is 326 g/mol. The van der Waals surface area contributed by atoms with E-state index in [-0.39, 0.29) is 5.82 Å². The van der Waals surface area contributed by atoms with E-state index in [1.54, 1.807) is 6.07 Å². The van der Waals surface area contributed by atoms with Crippen LogP contribution in [-0.2, 0) is 5.33 Å². The molecule has 1 aromatic carbocycles. The predicted molar refractivity (Wildman–Crippen MR) is 81.4 cm³/mol. The summed E-state index contributed by atoms with van der Waals surface area (Å²) in [5, 5.41) is 0.600. The highest BCUT2D eigenvalue weighted by atomic mass is 79.9. The van der Waals surface area contributed by atoms with Crippen LogP contribution in [0.5, 0.6) is 0 Å². The van der Waals surface area contributed by atoms with E-state index in [1.807, 2.05) is 6.07 Å². The smallest absolute Gasteiger partial charge is 0.129 e. The monoisotopic (exact) mass is 325 g/mol. The molecule has 3 rings (SSSR count). The highest BCUT2D eigenvalue weighted by Crippen LogP contribution is 2.39. The van der Waals surface area contributed by atoms with Gasteiger partial charge in [-0.05, 0) is 43.7 Å². The summed E-state index contributed by atoms with van der Waals surface area (Å²) in [6.07, 6.45) is 7.96. The van der Waals surface area contributed by atoms with E-state index in [9.17, 15) is 4.39 Å². The average Bonchev–Trinajstić information content (AvgIpc) is 2.46. The van der Waals surface area contributed by atoms with Gasteiger partial charge in [0.25, 0.3) is 0 Å². The Balaban J connectivity index is 1.94. The largest absolute Gasteiger partial charge is 0.368 e. The quantitative estimate of drug-likeness (QED) is 0.700. The number of alkyl halides is 1. The molecule has 1 aliphatic carbocycles. The van der Waals surface area contributed by atoms with E-state index >= 15 is 0 Å². The second-order valence-corrected chi connectivity index (χ2v) is 6.38. The van der Waals surface area contributed by atoms with Gasteiger partial charge in [-0.25, -0.2) is 4.39 Å². The molecular weight excluding hydrogens is 305 g/mol. The summed E-state index contributed by atoms with van der Waals surface area (Å²) < 4.78 is 14.0. The Labute approximate surface area is 123 Å². The zero-order valence-corrected chi connectivity index (χ0v) is 12.8. The van der Waals surface area contributed by atoms with Gasteiger partial charge in [-0.3, -0.25) is 0 Å². The van der Waals surface area contributed by atoms with Crippen LogP contribution in [0.25, 0.3) is 0 Å². The van der Waals surface area contributed by atoms with Gasteiger partial charge in [0.1, 0.15) is 5.82 Å². The Morgan fingerprint density at radius 3 is 2.79 bits per heavy atom. The summed E-state index contributed by atoms with van der Waals surface area (Å²) in [5.41, 5.74) is 1.95. The second-order valence-electron chi connectivity index (χ2n) is 5.82. The molecule has 2 fully saturated rings. The molecule has 2 aliphatic rings. The summed E-state index contributed by atoms with van der Waals surface area (Å²) in [4.78, 5) is 2.49. The third kappa shape index (κ3) is 2.54. The maximum atomic E-state index is 14.0. The molecule has 3 heteroatoms. The normalized spacial score (nSPS) is 27.2. The molecule has 2 atom stereocenters. The van der Waals surface area contributed by atoms with Crippen LogP contribution in [0.1, 0.15) is 44.1 Å². The van der Waals surface area contributed by atoms with E-state index < -0.39 is 0 Å². The topological polar surface area (TPSA) is 3.24 Å². The highest BCUT2D eigenvalue weighted by molar-refractivity contribution is 9.08. The Bertz CT molecular complexity index is 446. The van der Waals surface area contributed by atoms with Gasteiger partial charge in [-0.2, -0.15) is 0 Å². The first-order valence-corrected chi connectivity index (χ1v) is 8.53. The Morgan fingerprint density at radius 1 is 1.16 bits per heavy atom. The van der Waals surface area contributed by atoms with Crippen molar-refractivity contribution in [1.82, 2.24) is 0 Å². The third-order valence-corrected chi connectivity index (χ3v) is 5.34. The minimum Gasteiger partial charge on any atom is -0.368 e. The van der Waals surface area contributed by atoms with Crippen molar-refractivity contribution in [3.63, 3.8) is 0 Å². The Hall–Kier alpha value is -0.570. The third-order valence-electron chi connectivity index (χ3n) is 4.78. The zero-order valence-electron chi connectivity index (χ0n) is 11.2. The lowest BCUT2D eigenvalue weighted by atomic mass is 9.78. The molecule has 1 heterocycles. The molecular formula is C16H21BrFN. The van der Waals surface area contributed by atoms with Crippen molar-refractivity contribution in [2.24, 2.45) is 5.92 Å². The molecule has 1 saturated heterocycles. The van der Waals surface area contributed by atoms with Crippen LogP contribution >= 0.6 is 15.9 Å². The van der Waals surface area contributed by atoms with Crippen LogP contribution in [-0.4, -0.2) is 12.6 Å². The fourth-order valence-electron chi connectivity index (χ4n) is 3.87. The van der Waals surface area contributed by atoms with Gasteiger partial charge in [0, 0.05) is 29.2 Å². The molecule has 0 unspecified atom stereocenters. The Kier molecular flexibility index (Phi) is 4.11. The van der Waals surface area contributed by atoms with Crippen LogP contribution in [0, 0.1) is 11.7 Å². The summed E-state index contributed by atoms with van der Waals surface area (Å²) in [5.74, 6) is 0.751. The molecule has 1 aromatic rings. The first-order valence-electron chi connectivity index (χ1n) is 7.41. The van der Waals surface area contributed by atoms with E-state index in [0.717, 1.165) is 23.7 Å². The fraction of sp³-hybridized carbons (Fsp3) is 0.625. The number of hydrogen-bond acceptors (Lipinski definition) is 1. The number of anilines is 1. The van der Waals surface area contributed by atoms with Crippen LogP contribution in [0.2, 0.25) is 0 Å². The van der Waals surface area contributed by atoms with Crippen molar-refractivity contribution in [3.05, 3.63) is 29.6 Å². The number of nitrogens with zero attached hydrogens (tertiary/aromatic N) is 1. The van der Waals surface area contributed by atoms with Crippen molar-refractivity contribution in [3.8, 4) is 0 Å². The molecule has 19 heavy (non-hydrogen) atoms. The van der Waals surface area contributed by atoms with E-state index in [1.165, 1.54) is 38.5 Å². The van der Waals surface area contributed by atoms with E-state index in [0.29, 0.717) is 11.4 Å². The number of piperidine rings is 1. The molecule has 0 bridgehead atoms. The van der Waals surface area contributed by atoms with Gasteiger partial charge >= 0.3 is 0 Å². The molecule has 0 aromatic heterocycles. The van der Waals surface area contributed by atoms with E-state index in [4.69, 9.17) is 0 Å². The summed E-state index contributed by atoms with van der Waals surface area (Å²) in [7, 11) is 0. The fourth-order valence-corrected chi connectivity index (χ4v) is 4.43. The number of rotatable bonds is 2. The molecule has 104 valence electrons. The van der Waals surface area contributed by atoms with Gasteiger partial charge < -0.3 is 4.90 Å². The molecule has 1 aliphatic heterocycles. The van der Waals surface area contributed by atoms with Gasteiger partial charge in [0.2, 0.25) is 0 Å². The Morgan fingerprint density at radius 2 is 1.95 bits per heavy atom. The summed E-state index contributed by atoms with van der Waals surface area (Å²) in [6, 6.07) is 6.16. The standard InChI is InChI=1S/C16H21BrFN/c17-11-13-14(18)7-3-9-16(13)19-10-4-6-12-5-1-2-8-15(12)19/h3,7,9,12,15H,1-2,4-6,8,10-11H2/t12-,15-/m1/s1. The second kappa shape index (κ2) is 5.82. The summed E-state index contributed by atoms with van der Waals surface area (Å²) >= 11 is 3.45. The van der Waals surface area contributed by atoms with Crippen molar-refractivity contribution < 1.29 is 4.39 Å². The number of fused-ring (bicyclic) bond motifs is 1. The number of benzene rings is 1. The van der Waals surface area contributed by atoms with Crippen molar-refractivity contribution in [2.45, 2.75) is 49.9 Å². The molecule has 0 spiro atoms. The van der Waals surface area contributed by atoms with Gasteiger partial charge in [0.15, 0.2) is 0 Å². The number of hydrogen-bond donors (Lipinski definition) is 0. The first-order chi connectivity index (χ1) is 9.31. The molecule has 0 N–H and O–H groups in total. The van der Waals surface area contributed by atoms with Crippen molar-refractivity contribution in [2.75, 3.05) is 11.4 Å². The van der Waals surface area contributed by atoms with Crippen LogP contribution in [0.4, 0.5) is 10.1 Å². The lowest BCUT2D eigenvalue weighted by molar-refractivity contribution is 0.243.